The summed E-state index contributed by atoms with van der Waals surface area (Å²) >= 11 is 0. The van der Waals surface area contributed by atoms with E-state index in [9.17, 15) is 17.6 Å². The molecule has 0 saturated carbocycles. The van der Waals surface area contributed by atoms with Crippen LogP contribution in [0.2, 0.25) is 0 Å². The molecule has 0 heterocycles. The van der Waals surface area contributed by atoms with Gasteiger partial charge in [-0.05, 0) is 24.1 Å². The summed E-state index contributed by atoms with van der Waals surface area (Å²) in [6, 6.07) is 12.5. The number of hydrogen-bond donors (Lipinski definition) is 0. The van der Waals surface area contributed by atoms with Gasteiger partial charge in [-0.3, -0.25) is 0 Å². The lowest BCUT2D eigenvalue weighted by Gasteiger charge is -2.22. The second kappa shape index (κ2) is 8.69. The van der Waals surface area contributed by atoms with E-state index < -0.39 is 11.7 Å². The molecule has 0 aliphatic carbocycles. The lowest BCUT2D eigenvalue weighted by molar-refractivity contribution is -0.140. The lowest BCUT2D eigenvalue weighted by atomic mass is 9.97. The first kappa shape index (κ1) is 20.9. The molecule has 0 aromatic heterocycles. The molecule has 0 radical (unpaired) electrons. The number of halogens is 4. The van der Waals surface area contributed by atoms with Gasteiger partial charge < -0.3 is 14.2 Å². The molecule has 0 atom stereocenters. The Kier molecular flexibility index (Phi) is 6.27. The van der Waals surface area contributed by atoms with Crippen LogP contribution in [0.4, 0.5) is 17.6 Å². The van der Waals surface area contributed by atoms with E-state index in [0.29, 0.717) is 17.2 Å². The van der Waals surface area contributed by atoms with Crippen LogP contribution in [0.1, 0.15) is 16.7 Å². The molecular formula is C22H20F4O3. The fourth-order valence-electron chi connectivity index (χ4n) is 3.32. The van der Waals surface area contributed by atoms with E-state index in [0.717, 1.165) is 5.56 Å². The van der Waals surface area contributed by atoms with Gasteiger partial charge in [0.05, 0.1) is 27.4 Å². The number of fused-ring (bicyclic) bond motifs is 1. The first-order chi connectivity index (χ1) is 13.9. The van der Waals surface area contributed by atoms with E-state index in [1.54, 1.807) is 36.4 Å². The molecule has 7 heteroatoms. The van der Waals surface area contributed by atoms with Crippen molar-refractivity contribution in [2.24, 2.45) is 0 Å². The Morgan fingerprint density at radius 3 is 1.97 bits per heavy atom. The maximum Gasteiger partial charge on any atom is 0.420 e. The van der Waals surface area contributed by atoms with Crippen LogP contribution in [0, 0.1) is 5.82 Å². The Morgan fingerprint density at radius 1 is 0.828 bits per heavy atom. The van der Waals surface area contributed by atoms with Crippen LogP contribution in [0.3, 0.4) is 0 Å². The van der Waals surface area contributed by atoms with Gasteiger partial charge in [-0.25, -0.2) is 4.39 Å². The summed E-state index contributed by atoms with van der Waals surface area (Å²) < 4.78 is 70.8. The van der Waals surface area contributed by atoms with Crippen molar-refractivity contribution in [1.82, 2.24) is 0 Å². The average Bonchev–Trinajstić information content (AvgIpc) is 2.70. The quantitative estimate of drug-likeness (QED) is 0.367. The van der Waals surface area contributed by atoms with Crippen LogP contribution in [-0.2, 0) is 23.9 Å². The fraction of sp³-hybridized carbons (Fsp3) is 0.273. The van der Waals surface area contributed by atoms with Gasteiger partial charge >= 0.3 is 6.18 Å². The molecule has 0 aliphatic rings. The van der Waals surface area contributed by atoms with Crippen molar-refractivity contribution >= 4 is 10.8 Å². The lowest BCUT2D eigenvalue weighted by Crippen LogP contribution is -2.14. The molecule has 0 fully saturated rings. The standard InChI is InChI=1S/C22H20F4O3/c1-27-20-16-5-3-4-6-17(16)21(28-2)19(22(24,25)26)18(20)13-29-12-11-14-7-9-15(23)10-8-14/h3-10H,11-13H2,1-2H3. The highest BCUT2D eigenvalue weighted by Crippen LogP contribution is 2.48. The molecule has 0 amide bonds. The molecule has 29 heavy (non-hydrogen) atoms. The third-order valence-electron chi connectivity index (χ3n) is 4.61. The monoisotopic (exact) mass is 408 g/mol. The number of benzene rings is 3. The normalized spacial score (nSPS) is 11.7. The molecule has 0 N–H and O–H groups in total. The fourth-order valence-corrected chi connectivity index (χ4v) is 3.32. The number of methoxy groups -OCH3 is 2. The van der Waals surface area contributed by atoms with Gasteiger partial charge in [0.1, 0.15) is 22.9 Å². The highest BCUT2D eigenvalue weighted by Gasteiger charge is 2.40. The van der Waals surface area contributed by atoms with E-state index in [4.69, 9.17) is 14.2 Å². The van der Waals surface area contributed by atoms with Crippen molar-refractivity contribution in [3.8, 4) is 11.5 Å². The minimum Gasteiger partial charge on any atom is -0.496 e. The van der Waals surface area contributed by atoms with Gasteiger partial charge in [0, 0.05) is 16.3 Å². The summed E-state index contributed by atoms with van der Waals surface area (Å²) in [5, 5.41) is 0.825. The van der Waals surface area contributed by atoms with Crippen molar-refractivity contribution in [3.05, 3.63) is 71.0 Å². The minimum atomic E-state index is -4.65. The first-order valence-electron chi connectivity index (χ1n) is 8.91. The Morgan fingerprint density at radius 2 is 1.41 bits per heavy atom. The van der Waals surface area contributed by atoms with Gasteiger partial charge in [-0.1, -0.05) is 36.4 Å². The van der Waals surface area contributed by atoms with Crippen molar-refractivity contribution < 1.29 is 31.8 Å². The summed E-state index contributed by atoms with van der Waals surface area (Å²) in [5.41, 5.74) is -0.197. The third-order valence-corrected chi connectivity index (χ3v) is 4.61. The second-order valence-electron chi connectivity index (χ2n) is 6.39. The van der Waals surface area contributed by atoms with Crippen LogP contribution in [0.25, 0.3) is 10.8 Å². The number of rotatable bonds is 7. The Labute approximate surface area is 165 Å². The molecular weight excluding hydrogens is 388 g/mol. The topological polar surface area (TPSA) is 27.7 Å². The van der Waals surface area contributed by atoms with Gasteiger partial charge in [0.2, 0.25) is 0 Å². The summed E-state index contributed by atoms with van der Waals surface area (Å²) in [6.45, 7) is -0.137. The molecule has 0 unspecified atom stereocenters. The summed E-state index contributed by atoms with van der Waals surface area (Å²) in [4.78, 5) is 0. The highest BCUT2D eigenvalue weighted by atomic mass is 19.4. The van der Waals surface area contributed by atoms with E-state index in [1.165, 1.54) is 26.4 Å². The largest absolute Gasteiger partial charge is 0.496 e. The number of alkyl halides is 3. The SMILES string of the molecule is COc1c(COCCc2ccc(F)cc2)c(C(F)(F)F)c(OC)c2ccccc12. The van der Waals surface area contributed by atoms with Gasteiger partial charge in [-0.15, -0.1) is 0 Å². The predicted octanol–water partition coefficient (Wildman–Crippen LogP) is 5.77. The molecule has 3 aromatic rings. The summed E-state index contributed by atoms with van der Waals surface area (Å²) in [6.07, 6.45) is -4.22. The zero-order chi connectivity index (χ0) is 21.0. The zero-order valence-corrected chi connectivity index (χ0v) is 16.0. The van der Waals surface area contributed by atoms with E-state index in [-0.39, 0.29) is 36.1 Å². The molecule has 0 bridgehead atoms. The van der Waals surface area contributed by atoms with Crippen molar-refractivity contribution in [2.45, 2.75) is 19.2 Å². The van der Waals surface area contributed by atoms with Crippen LogP contribution in [0.5, 0.6) is 11.5 Å². The Balaban J connectivity index is 1.95. The minimum absolute atomic E-state index is 0.107. The molecule has 154 valence electrons. The zero-order valence-electron chi connectivity index (χ0n) is 16.0. The van der Waals surface area contributed by atoms with Gasteiger partial charge in [-0.2, -0.15) is 13.2 Å². The summed E-state index contributed by atoms with van der Waals surface area (Å²) in [7, 11) is 2.54. The number of hydrogen-bond acceptors (Lipinski definition) is 3. The van der Waals surface area contributed by atoms with Crippen molar-refractivity contribution in [2.75, 3.05) is 20.8 Å². The second-order valence-corrected chi connectivity index (χ2v) is 6.39. The molecule has 3 aromatic carbocycles. The molecule has 0 aliphatic heterocycles. The first-order valence-corrected chi connectivity index (χ1v) is 8.91. The molecule has 0 saturated heterocycles. The van der Waals surface area contributed by atoms with Crippen molar-refractivity contribution in [3.63, 3.8) is 0 Å². The maximum absolute atomic E-state index is 13.9. The van der Waals surface area contributed by atoms with Crippen LogP contribution in [0.15, 0.2) is 48.5 Å². The predicted molar refractivity (Wildman–Crippen MR) is 102 cm³/mol. The average molecular weight is 408 g/mol. The maximum atomic E-state index is 13.9. The van der Waals surface area contributed by atoms with Crippen LogP contribution < -0.4 is 9.47 Å². The molecule has 3 rings (SSSR count). The van der Waals surface area contributed by atoms with E-state index in [2.05, 4.69) is 0 Å². The summed E-state index contributed by atoms with van der Waals surface area (Å²) in [5.74, 6) is -0.501. The van der Waals surface area contributed by atoms with Crippen LogP contribution in [-0.4, -0.2) is 20.8 Å². The Hall–Kier alpha value is -2.80. The van der Waals surface area contributed by atoms with E-state index in [1.807, 2.05) is 0 Å². The molecule has 0 spiro atoms. The van der Waals surface area contributed by atoms with E-state index >= 15 is 0 Å². The number of ether oxygens (including phenoxy) is 3. The molecule has 3 nitrogen and oxygen atoms in total. The third kappa shape index (κ3) is 4.45. The van der Waals surface area contributed by atoms with Crippen molar-refractivity contribution in [1.29, 1.82) is 0 Å². The highest BCUT2D eigenvalue weighted by molar-refractivity contribution is 5.96. The van der Waals surface area contributed by atoms with Crippen LogP contribution >= 0.6 is 0 Å². The van der Waals surface area contributed by atoms with Gasteiger partial charge in [0.25, 0.3) is 0 Å². The Bertz CT molecular complexity index is 982. The smallest absolute Gasteiger partial charge is 0.420 e. The van der Waals surface area contributed by atoms with Gasteiger partial charge in [0.15, 0.2) is 0 Å².